The van der Waals surface area contributed by atoms with Crippen LogP contribution in [-0.4, -0.2) is 15.6 Å². The molecule has 0 radical (unpaired) electrons. The fourth-order valence-corrected chi connectivity index (χ4v) is 0.840. The third-order valence-corrected chi connectivity index (χ3v) is 1.62. The van der Waals surface area contributed by atoms with Crippen molar-refractivity contribution in [2.45, 2.75) is 20.0 Å². The summed E-state index contributed by atoms with van der Waals surface area (Å²) in [6.45, 7) is 7.15. The van der Waals surface area contributed by atoms with Crippen molar-refractivity contribution in [1.82, 2.24) is 0 Å². The highest BCUT2D eigenvalue weighted by atomic mass is 28.3. The highest BCUT2D eigenvalue weighted by molar-refractivity contribution is 6.48. The van der Waals surface area contributed by atoms with Crippen LogP contribution in [0.25, 0.3) is 0 Å². The molecular formula is C6H14OSi. The van der Waals surface area contributed by atoms with Crippen LogP contribution in [0, 0.1) is 0 Å². The minimum Gasteiger partial charge on any atom is -0.417 e. The number of allylic oxidation sites excluding steroid dienone is 1. The van der Waals surface area contributed by atoms with Gasteiger partial charge in [-0.1, -0.05) is 12.2 Å². The van der Waals surface area contributed by atoms with Crippen LogP contribution < -0.4 is 0 Å². The molecule has 0 fully saturated rings. The summed E-state index contributed by atoms with van der Waals surface area (Å²) in [7, 11) is -0.753. The van der Waals surface area contributed by atoms with E-state index in [2.05, 4.69) is 13.1 Å². The van der Waals surface area contributed by atoms with E-state index in [1.807, 2.05) is 19.1 Å². The van der Waals surface area contributed by atoms with Crippen LogP contribution >= 0.6 is 0 Å². The van der Waals surface area contributed by atoms with Crippen LogP contribution in [0.4, 0.5) is 0 Å². The summed E-state index contributed by atoms with van der Waals surface area (Å²) >= 11 is 0. The molecular weight excluding hydrogens is 116 g/mol. The Labute approximate surface area is 53.1 Å². The maximum atomic E-state index is 5.33. The van der Waals surface area contributed by atoms with Gasteiger partial charge in [-0.05, 0) is 20.0 Å². The monoisotopic (exact) mass is 130 g/mol. The highest BCUT2D eigenvalue weighted by Crippen LogP contribution is 1.82. The molecule has 8 heavy (non-hydrogen) atoms. The molecule has 0 bridgehead atoms. The van der Waals surface area contributed by atoms with Crippen molar-refractivity contribution in [2.75, 3.05) is 6.61 Å². The molecule has 2 heteroatoms. The summed E-state index contributed by atoms with van der Waals surface area (Å²) in [5, 5.41) is 0. The minimum absolute atomic E-state index is 0.753. The Hall–Kier alpha value is -0.0831. The Morgan fingerprint density at radius 3 is 2.50 bits per heavy atom. The zero-order valence-electron chi connectivity index (χ0n) is 5.85. The molecule has 0 aliphatic heterocycles. The molecule has 0 aliphatic rings. The molecule has 0 rings (SSSR count). The van der Waals surface area contributed by atoms with Gasteiger partial charge in [0.1, 0.15) is 0 Å². The summed E-state index contributed by atoms with van der Waals surface area (Å²) in [5.41, 5.74) is 0. The van der Waals surface area contributed by atoms with E-state index in [0.717, 1.165) is 6.61 Å². The Bertz CT molecular complexity index is 68.9. The van der Waals surface area contributed by atoms with E-state index in [4.69, 9.17) is 4.43 Å². The second kappa shape index (κ2) is 5.06. The predicted molar refractivity (Wildman–Crippen MR) is 39.6 cm³/mol. The van der Waals surface area contributed by atoms with Gasteiger partial charge in [-0.3, -0.25) is 0 Å². The first-order chi connectivity index (χ1) is 3.77. The van der Waals surface area contributed by atoms with Crippen LogP contribution in [0.5, 0.6) is 0 Å². The van der Waals surface area contributed by atoms with E-state index in [1.54, 1.807) is 0 Å². The van der Waals surface area contributed by atoms with Gasteiger partial charge in [-0.2, -0.15) is 0 Å². The summed E-state index contributed by atoms with van der Waals surface area (Å²) in [6.07, 6.45) is 4.05. The zero-order chi connectivity index (χ0) is 6.41. The van der Waals surface area contributed by atoms with Gasteiger partial charge < -0.3 is 4.43 Å². The molecule has 1 nitrogen and oxygen atoms in total. The zero-order valence-corrected chi connectivity index (χ0v) is 7.00. The first-order valence-electron chi connectivity index (χ1n) is 3.00. The second-order valence-electron chi connectivity index (χ2n) is 1.95. The predicted octanol–water partition coefficient (Wildman–Crippen LogP) is 1.56. The lowest BCUT2D eigenvalue weighted by Gasteiger charge is -2.00. The molecule has 0 unspecified atom stereocenters. The van der Waals surface area contributed by atoms with E-state index in [0.29, 0.717) is 0 Å². The van der Waals surface area contributed by atoms with Crippen LogP contribution in [0.2, 0.25) is 13.1 Å². The van der Waals surface area contributed by atoms with Crippen LogP contribution in [0.15, 0.2) is 12.2 Å². The van der Waals surface area contributed by atoms with Gasteiger partial charge in [0.25, 0.3) is 0 Å². The van der Waals surface area contributed by atoms with Crippen molar-refractivity contribution in [3.05, 3.63) is 12.2 Å². The average Bonchev–Trinajstić information content (AvgIpc) is 1.66. The van der Waals surface area contributed by atoms with E-state index in [1.165, 1.54) is 0 Å². The van der Waals surface area contributed by atoms with Gasteiger partial charge in [0.15, 0.2) is 9.04 Å². The van der Waals surface area contributed by atoms with E-state index >= 15 is 0 Å². The SMILES string of the molecule is C/C=C/CO[SiH](C)C. The van der Waals surface area contributed by atoms with Crippen molar-refractivity contribution >= 4 is 9.04 Å². The van der Waals surface area contributed by atoms with Gasteiger partial charge in [0.2, 0.25) is 0 Å². The lowest BCUT2D eigenvalue weighted by atomic mass is 10.6. The van der Waals surface area contributed by atoms with Crippen LogP contribution in [0.3, 0.4) is 0 Å². The number of hydrogen-bond acceptors (Lipinski definition) is 1. The Morgan fingerprint density at radius 1 is 1.50 bits per heavy atom. The normalized spacial score (nSPS) is 11.5. The van der Waals surface area contributed by atoms with E-state index in [9.17, 15) is 0 Å². The Morgan fingerprint density at radius 2 is 2.12 bits per heavy atom. The largest absolute Gasteiger partial charge is 0.417 e. The smallest absolute Gasteiger partial charge is 0.171 e. The molecule has 48 valence electrons. The highest BCUT2D eigenvalue weighted by Gasteiger charge is 1.89. The first kappa shape index (κ1) is 7.92. The van der Waals surface area contributed by atoms with E-state index in [-0.39, 0.29) is 0 Å². The average molecular weight is 130 g/mol. The molecule has 0 atom stereocenters. The van der Waals surface area contributed by atoms with Crippen LogP contribution in [0.1, 0.15) is 6.92 Å². The quantitative estimate of drug-likeness (QED) is 0.416. The van der Waals surface area contributed by atoms with Gasteiger partial charge in [-0.15, -0.1) is 0 Å². The minimum atomic E-state index is -0.753. The third-order valence-electron chi connectivity index (χ3n) is 0.761. The summed E-state index contributed by atoms with van der Waals surface area (Å²) in [4.78, 5) is 0. The molecule has 0 saturated heterocycles. The van der Waals surface area contributed by atoms with Crippen molar-refractivity contribution in [2.24, 2.45) is 0 Å². The molecule has 0 saturated carbocycles. The molecule has 0 amide bonds. The Balaban J connectivity index is 2.93. The summed E-state index contributed by atoms with van der Waals surface area (Å²) < 4.78 is 5.33. The molecule has 0 aliphatic carbocycles. The molecule has 0 aromatic heterocycles. The van der Waals surface area contributed by atoms with Crippen molar-refractivity contribution < 1.29 is 4.43 Å². The van der Waals surface area contributed by atoms with Crippen molar-refractivity contribution in [1.29, 1.82) is 0 Å². The maximum absolute atomic E-state index is 5.33. The molecule has 0 spiro atoms. The van der Waals surface area contributed by atoms with Crippen molar-refractivity contribution in [3.8, 4) is 0 Å². The topological polar surface area (TPSA) is 9.23 Å². The Kier molecular flexibility index (Phi) is 5.01. The van der Waals surface area contributed by atoms with Crippen LogP contribution in [-0.2, 0) is 4.43 Å². The summed E-state index contributed by atoms with van der Waals surface area (Å²) in [6, 6.07) is 0. The second-order valence-corrected chi connectivity index (χ2v) is 4.38. The molecule has 0 aromatic rings. The summed E-state index contributed by atoms with van der Waals surface area (Å²) in [5.74, 6) is 0. The van der Waals surface area contributed by atoms with E-state index < -0.39 is 9.04 Å². The molecule has 0 heterocycles. The van der Waals surface area contributed by atoms with Crippen molar-refractivity contribution in [3.63, 3.8) is 0 Å². The molecule has 0 N–H and O–H groups in total. The standard InChI is InChI=1S/C6H14OSi/c1-4-5-6-7-8(2)3/h4-5,8H,6H2,1-3H3/b5-4+. The fourth-order valence-electron chi connectivity index (χ4n) is 0.344. The van der Waals surface area contributed by atoms with Gasteiger partial charge in [0, 0.05) is 0 Å². The van der Waals surface area contributed by atoms with Gasteiger partial charge in [-0.25, -0.2) is 0 Å². The fraction of sp³-hybridized carbons (Fsp3) is 0.667. The van der Waals surface area contributed by atoms with Gasteiger partial charge >= 0.3 is 0 Å². The van der Waals surface area contributed by atoms with Gasteiger partial charge in [0.05, 0.1) is 6.61 Å². The number of hydrogen-bond donors (Lipinski definition) is 0. The lowest BCUT2D eigenvalue weighted by molar-refractivity contribution is 0.374. The lowest BCUT2D eigenvalue weighted by Crippen LogP contribution is -2.06. The third kappa shape index (κ3) is 5.92. The maximum Gasteiger partial charge on any atom is 0.171 e. The first-order valence-corrected chi connectivity index (χ1v) is 5.78. The number of rotatable bonds is 3. The molecule has 0 aromatic carbocycles.